The Kier molecular flexibility index (Phi) is 6.69. The lowest BCUT2D eigenvalue weighted by atomic mass is 10.3. The third-order valence-electron chi connectivity index (χ3n) is 1.30. The van der Waals surface area contributed by atoms with Gasteiger partial charge in [-0.15, -0.1) is 0 Å². The van der Waals surface area contributed by atoms with Crippen LogP contribution >= 0.6 is 34.8 Å². The Labute approximate surface area is 87.7 Å². The van der Waals surface area contributed by atoms with Crippen LogP contribution in [0.1, 0.15) is 19.8 Å². The first kappa shape index (κ1) is 12.8. The van der Waals surface area contributed by atoms with E-state index >= 15 is 0 Å². The molecular formula is C7H13Cl3O2. The number of aliphatic hydroxyl groups excluding tert-OH is 1. The summed E-state index contributed by atoms with van der Waals surface area (Å²) in [5, 5.41) is 9.16. The molecule has 0 aliphatic heterocycles. The Bertz CT molecular complexity index is 114. The highest BCUT2D eigenvalue weighted by molar-refractivity contribution is 6.68. The highest BCUT2D eigenvalue weighted by atomic mass is 35.6. The zero-order valence-corrected chi connectivity index (χ0v) is 9.16. The summed E-state index contributed by atoms with van der Waals surface area (Å²) in [6.07, 6.45) is 0.940. The smallest absolute Gasteiger partial charge is 0.218 e. The standard InChI is InChI=1S/C7H13Cl3O2/c1-2-3-4-12-5-6(11)7(8,9)10/h6,11H,2-5H2,1H3. The van der Waals surface area contributed by atoms with E-state index in [1.54, 1.807) is 0 Å². The molecular weight excluding hydrogens is 222 g/mol. The van der Waals surface area contributed by atoms with Crippen LogP contribution in [0, 0.1) is 0 Å². The molecule has 5 heteroatoms. The van der Waals surface area contributed by atoms with Crippen LogP contribution in [0.4, 0.5) is 0 Å². The van der Waals surface area contributed by atoms with Crippen molar-refractivity contribution in [1.82, 2.24) is 0 Å². The zero-order chi connectivity index (χ0) is 9.61. The maximum Gasteiger partial charge on any atom is 0.218 e. The molecule has 74 valence electrons. The average molecular weight is 236 g/mol. The second-order valence-electron chi connectivity index (χ2n) is 2.49. The molecule has 0 heterocycles. The monoisotopic (exact) mass is 234 g/mol. The first-order valence-electron chi connectivity index (χ1n) is 3.81. The quantitative estimate of drug-likeness (QED) is 0.586. The Balaban J connectivity index is 3.38. The lowest BCUT2D eigenvalue weighted by Gasteiger charge is -2.18. The van der Waals surface area contributed by atoms with E-state index in [2.05, 4.69) is 6.92 Å². The topological polar surface area (TPSA) is 29.5 Å². The number of alkyl halides is 3. The largest absolute Gasteiger partial charge is 0.386 e. The molecule has 2 nitrogen and oxygen atoms in total. The van der Waals surface area contributed by atoms with Crippen molar-refractivity contribution >= 4 is 34.8 Å². The molecule has 0 radical (unpaired) electrons. The minimum Gasteiger partial charge on any atom is -0.386 e. The number of rotatable bonds is 5. The van der Waals surface area contributed by atoms with Gasteiger partial charge in [0, 0.05) is 6.61 Å². The molecule has 0 bridgehead atoms. The molecule has 0 aliphatic carbocycles. The predicted molar refractivity (Wildman–Crippen MR) is 52.0 cm³/mol. The van der Waals surface area contributed by atoms with E-state index in [4.69, 9.17) is 44.6 Å². The molecule has 0 amide bonds. The number of unbranched alkanes of at least 4 members (excludes halogenated alkanes) is 1. The summed E-state index contributed by atoms with van der Waals surface area (Å²) in [7, 11) is 0. The molecule has 1 unspecified atom stereocenters. The maximum absolute atomic E-state index is 9.16. The van der Waals surface area contributed by atoms with Gasteiger partial charge >= 0.3 is 0 Å². The molecule has 0 fully saturated rings. The average Bonchev–Trinajstić information content (AvgIpc) is 1.96. The molecule has 0 saturated carbocycles. The number of hydrogen-bond donors (Lipinski definition) is 1. The second kappa shape index (κ2) is 6.28. The maximum atomic E-state index is 9.16. The van der Waals surface area contributed by atoms with Crippen molar-refractivity contribution < 1.29 is 9.84 Å². The van der Waals surface area contributed by atoms with Gasteiger partial charge in [0.25, 0.3) is 0 Å². The van der Waals surface area contributed by atoms with Crippen molar-refractivity contribution in [3.05, 3.63) is 0 Å². The normalized spacial score (nSPS) is 14.8. The number of halogens is 3. The summed E-state index contributed by atoms with van der Waals surface area (Å²) < 4.78 is 3.41. The number of aliphatic hydroxyl groups is 1. The van der Waals surface area contributed by atoms with Crippen LogP contribution in [-0.2, 0) is 4.74 Å². The molecule has 0 aromatic carbocycles. The van der Waals surface area contributed by atoms with Crippen molar-refractivity contribution in [1.29, 1.82) is 0 Å². The van der Waals surface area contributed by atoms with Crippen LogP contribution in [0.3, 0.4) is 0 Å². The van der Waals surface area contributed by atoms with Gasteiger partial charge in [-0.05, 0) is 6.42 Å². The first-order chi connectivity index (χ1) is 5.48. The van der Waals surface area contributed by atoms with E-state index in [1.165, 1.54) is 0 Å². The fourth-order valence-corrected chi connectivity index (χ4v) is 0.725. The molecule has 12 heavy (non-hydrogen) atoms. The van der Waals surface area contributed by atoms with Gasteiger partial charge in [-0.1, -0.05) is 48.1 Å². The van der Waals surface area contributed by atoms with Gasteiger partial charge in [0.2, 0.25) is 3.79 Å². The first-order valence-corrected chi connectivity index (χ1v) is 4.94. The molecule has 0 aromatic heterocycles. The number of ether oxygens (including phenoxy) is 1. The Morgan fingerprint density at radius 3 is 2.42 bits per heavy atom. The summed E-state index contributed by atoms with van der Waals surface area (Å²) in [6.45, 7) is 2.71. The SMILES string of the molecule is CCCCOCC(O)C(Cl)(Cl)Cl. The van der Waals surface area contributed by atoms with Gasteiger partial charge in [-0.25, -0.2) is 0 Å². The van der Waals surface area contributed by atoms with Crippen molar-refractivity contribution in [3.63, 3.8) is 0 Å². The van der Waals surface area contributed by atoms with Crippen LogP contribution in [0.5, 0.6) is 0 Å². The molecule has 0 saturated heterocycles. The summed E-state index contributed by atoms with van der Waals surface area (Å²) in [5.41, 5.74) is 0. The van der Waals surface area contributed by atoms with Crippen LogP contribution in [0.15, 0.2) is 0 Å². The van der Waals surface area contributed by atoms with Gasteiger partial charge < -0.3 is 9.84 Å². The van der Waals surface area contributed by atoms with E-state index in [1.807, 2.05) is 0 Å². The predicted octanol–water partition coefficient (Wildman–Crippen LogP) is 2.53. The summed E-state index contributed by atoms with van der Waals surface area (Å²) in [4.78, 5) is 0. The lowest BCUT2D eigenvalue weighted by Crippen LogP contribution is -2.30. The van der Waals surface area contributed by atoms with E-state index in [-0.39, 0.29) is 6.61 Å². The van der Waals surface area contributed by atoms with Crippen LogP contribution < -0.4 is 0 Å². The molecule has 0 spiro atoms. The molecule has 1 N–H and O–H groups in total. The van der Waals surface area contributed by atoms with Crippen LogP contribution in [0.2, 0.25) is 0 Å². The fraction of sp³-hybridized carbons (Fsp3) is 1.00. The highest BCUT2D eigenvalue weighted by Gasteiger charge is 2.30. The minimum atomic E-state index is -1.65. The minimum absolute atomic E-state index is 0.0660. The number of hydrogen-bond acceptors (Lipinski definition) is 2. The van der Waals surface area contributed by atoms with Crippen molar-refractivity contribution in [2.24, 2.45) is 0 Å². The third kappa shape index (κ3) is 6.32. The summed E-state index contributed by atoms with van der Waals surface area (Å²) in [6, 6.07) is 0. The highest BCUT2D eigenvalue weighted by Crippen LogP contribution is 2.30. The molecule has 1 atom stereocenters. The lowest BCUT2D eigenvalue weighted by molar-refractivity contribution is 0.0377. The molecule has 0 rings (SSSR count). The van der Waals surface area contributed by atoms with Gasteiger partial charge in [-0.3, -0.25) is 0 Å². The summed E-state index contributed by atoms with van der Waals surface area (Å²) in [5.74, 6) is 0. The molecule has 0 aliphatic rings. The van der Waals surface area contributed by atoms with Crippen molar-refractivity contribution in [3.8, 4) is 0 Å². The van der Waals surface area contributed by atoms with Gasteiger partial charge in [-0.2, -0.15) is 0 Å². The Morgan fingerprint density at radius 2 is 2.00 bits per heavy atom. The van der Waals surface area contributed by atoms with Gasteiger partial charge in [0.05, 0.1) is 6.61 Å². The Hall–Kier alpha value is 0.790. The van der Waals surface area contributed by atoms with E-state index < -0.39 is 9.90 Å². The third-order valence-corrected chi connectivity index (χ3v) is 2.05. The van der Waals surface area contributed by atoms with E-state index in [9.17, 15) is 0 Å². The van der Waals surface area contributed by atoms with Crippen molar-refractivity contribution in [2.45, 2.75) is 29.7 Å². The second-order valence-corrected chi connectivity index (χ2v) is 4.85. The summed E-state index contributed by atoms with van der Waals surface area (Å²) >= 11 is 16.2. The van der Waals surface area contributed by atoms with E-state index in [0.717, 1.165) is 12.8 Å². The Morgan fingerprint density at radius 1 is 1.42 bits per heavy atom. The fourth-order valence-electron chi connectivity index (χ4n) is 0.536. The molecule has 0 aromatic rings. The van der Waals surface area contributed by atoms with E-state index in [0.29, 0.717) is 6.61 Å². The van der Waals surface area contributed by atoms with Crippen molar-refractivity contribution in [2.75, 3.05) is 13.2 Å². The van der Waals surface area contributed by atoms with Crippen LogP contribution in [0.25, 0.3) is 0 Å². The zero-order valence-electron chi connectivity index (χ0n) is 6.90. The van der Waals surface area contributed by atoms with Gasteiger partial charge in [0.1, 0.15) is 6.10 Å². The van der Waals surface area contributed by atoms with Crippen LogP contribution in [-0.4, -0.2) is 28.2 Å². The van der Waals surface area contributed by atoms with Gasteiger partial charge in [0.15, 0.2) is 0 Å².